The van der Waals surface area contributed by atoms with Gasteiger partial charge in [-0.05, 0) is 36.8 Å². The second-order valence-electron chi connectivity index (χ2n) is 4.68. The fourth-order valence-corrected chi connectivity index (χ4v) is 1.88. The molecule has 0 heterocycles. The molecule has 0 radical (unpaired) electrons. The van der Waals surface area contributed by atoms with Gasteiger partial charge in [-0.25, -0.2) is 4.39 Å². The molecule has 0 aliphatic heterocycles. The maximum absolute atomic E-state index is 13.8. The Labute approximate surface area is 124 Å². The van der Waals surface area contributed by atoms with Gasteiger partial charge in [-0.15, -0.1) is 0 Å². The van der Waals surface area contributed by atoms with Crippen molar-refractivity contribution in [2.75, 3.05) is 19.0 Å². The van der Waals surface area contributed by atoms with Crippen molar-refractivity contribution in [3.8, 4) is 11.5 Å². The van der Waals surface area contributed by atoms with Gasteiger partial charge in [0, 0.05) is 23.9 Å². The molecule has 0 unspecified atom stereocenters. The largest absolute Gasteiger partial charge is 0.497 e. The number of hydrogen-bond donors (Lipinski definition) is 1. The molecule has 0 atom stereocenters. The third-order valence-corrected chi connectivity index (χ3v) is 3.07. The van der Waals surface area contributed by atoms with Crippen LogP contribution in [0.25, 0.3) is 0 Å². The van der Waals surface area contributed by atoms with E-state index < -0.39 is 0 Å². The van der Waals surface area contributed by atoms with E-state index in [1.807, 2.05) is 24.3 Å². The molecule has 2 aromatic carbocycles. The number of halogens is 1. The van der Waals surface area contributed by atoms with Gasteiger partial charge in [-0.3, -0.25) is 0 Å². The lowest BCUT2D eigenvalue weighted by atomic mass is 10.2. The molecular formula is C17H20FNO2. The minimum Gasteiger partial charge on any atom is -0.497 e. The molecule has 0 aromatic heterocycles. The molecule has 2 aromatic rings. The van der Waals surface area contributed by atoms with E-state index in [9.17, 15) is 4.39 Å². The predicted octanol–water partition coefficient (Wildman–Crippen LogP) is 4.24. The second kappa shape index (κ2) is 7.53. The van der Waals surface area contributed by atoms with Crippen LogP contribution in [0, 0.1) is 5.82 Å². The Morgan fingerprint density at radius 1 is 1.05 bits per heavy atom. The Kier molecular flexibility index (Phi) is 5.43. The molecule has 0 fully saturated rings. The summed E-state index contributed by atoms with van der Waals surface area (Å²) in [5, 5.41) is 3.19. The third-order valence-electron chi connectivity index (χ3n) is 3.07. The Morgan fingerprint density at radius 2 is 1.76 bits per heavy atom. The molecule has 0 bridgehead atoms. The zero-order valence-corrected chi connectivity index (χ0v) is 12.4. The molecule has 21 heavy (non-hydrogen) atoms. The Hall–Kier alpha value is -2.23. The highest BCUT2D eigenvalue weighted by atomic mass is 19.1. The van der Waals surface area contributed by atoms with E-state index in [1.165, 1.54) is 13.2 Å². The van der Waals surface area contributed by atoms with E-state index in [-0.39, 0.29) is 5.82 Å². The van der Waals surface area contributed by atoms with Gasteiger partial charge < -0.3 is 14.8 Å². The fourth-order valence-electron chi connectivity index (χ4n) is 1.88. The summed E-state index contributed by atoms with van der Waals surface area (Å²) in [6.45, 7) is 3.20. The molecule has 4 heteroatoms. The number of rotatable bonds is 7. The SMILES string of the molecule is CCCOc1ccc(NCc2ccc(OC)cc2F)cc1. The molecule has 3 nitrogen and oxygen atoms in total. The maximum atomic E-state index is 13.8. The lowest BCUT2D eigenvalue weighted by Gasteiger charge is -2.10. The van der Waals surface area contributed by atoms with Gasteiger partial charge in [0.25, 0.3) is 0 Å². The number of hydrogen-bond acceptors (Lipinski definition) is 3. The predicted molar refractivity (Wildman–Crippen MR) is 82.5 cm³/mol. The number of anilines is 1. The molecule has 112 valence electrons. The number of ether oxygens (including phenoxy) is 2. The van der Waals surface area contributed by atoms with Crippen LogP contribution in [0.5, 0.6) is 11.5 Å². The van der Waals surface area contributed by atoms with Crippen molar-refractivity contribution in [3.05, 3.63) is 53.8 Å². The molecule has 0 aliphatic rings. The van der Waals surface area contributed by atoms with E-state index >= 15 is 0 Å². The summed E-state index contributed by atoms with van der Waals surface area (Å²) in [6, 6.07) is 12.5. The zero-order valence-electron chi connectivity index (χ0n) is 12.4. The van der Waals surface area contributed by atoms with Crippen molar-refractivity contribution in [2.24, 2.45) is 0 Å². The molecule has 2 rings (SSSR count). The zero-order chi connectivity index (χ0) is 15.1. The van der Waals surface area contributed by atoms with Crippen LogP contribution in [0.2, 0.25) is 0 Å². The van der Waals surface area contributed by atoms with Crippen molar-refractivity contribution in [3.63, 3.8) is 0 Å². The monoisotopic (exact) mass is 289 g/mol. The van der Waals surface area contributed by atoms with E-state index in [4.69, 9.17) is 9.47 Å². The molecule has 0 saturated heterocycles. The summed E-state index contributed by atoms with van der Waals surface area (Å²) in [4.78, 5) is 0. The Bertz CT molecular complexity index is 570. The van der Waals surface area contributed by atoms with Crippen LogP contribution >= 0.6 is 0 Å². The van der Waals surface area contributed by atoms with E-state index in [0.29, 0.717) is 24.5 Å². The van der Waals surface area contributed by atoms with Crippen LogP contribution in [0.1, 0.15) is 18.9 Å². The number of methoxy groups -OCH3 is 1. The summed E-state index contributed by atoms with van der Waals surface area (Å²) in [7, 11) is 1.52. The first-order chi connectivity index (χ1) is 10.2. The van der Waals surface area contributed by atoms with Crippen LogP contribution in [0.3, 0.4) is 0 Å². The molecule has 0 spiro atoms. The highest BCUT2D eigenvalue weighted by Gasteiger charge is 2.04. The van der Waals surface area contributed by atoms with Gasteiger partial charge in [0.05, 0.1) is 13.7 Å². The van der Waals surface area contributed by atoms with Gasteiger partial charge in [0.15, 0.2) is 0 Å². The molecule has 1 N–H and O–H groups in total. The van der Waals surface area contributed by atoms with Crippen LogP contribution in [0.15, 0.2) is 42.5 Å². The maximum Gasteiger partial charge on any atom is 0.131 e. The van der Waals surface area contributed by atoms with E-state index in [2.05, 4.69) is 12.2 Å². The number of benzene rings is 2. The van der Waals surface area contributed by atoms with Crippen LogP contribution in [-0.2, 0) is 6.54 Å². The van der Waals surface area contributed by atoms with Crippen molar-refractivity contribution >= 4 is 5.69 Å². The fraction of sp³-hybridized carbons (Fsp3) is 0.294. The van der Waals surface area contributed by atoms with Crippen molar-refractivity contribution < 1.29 is 13.9 Å². The van der Waals surface area contributed by atoms with Gasteiger partial charge in [-0.2, -0.15) is 0 Å². The first kappa shape index (κ1) is 15.2. The summed E-state index contributed by atoms with van der Waals surface area (Å²) in [6.07, 6.45) is 0.983. The average Bonchev–Trinajstić information content (AvgIpc) is 2.52. The minimum absolute atomic E-state index is 0.273. The van der Waals surface area contributed by atoms with Gasteiger partial charge in [0.1, 0.15) is 17.3 Å². The number of nitrogens with one attached hydrogen (secondary N) is 1. The molecule has 0 amide bonds. The first-order valence-electron chi connectivity index (χ1n) is 7.02. The average molecular weight is 289 g/mol. The van der Waals surface area contributed by atoms with Crippen LogP contribution in [-0.4, -0.2) is 13.7 Å². The summed E-state index contributed by atoms with van der Waals surface area (Å²) < 4.78 is 24.3. The lowest BCUT2D eigenvalue weighted by molar-refractivity contribution is 0.317. The third kappa shape index (κ3) is 4.38. The van der Waals surface area contributed by atoms with E-state index in [0.717, 1.165) is 17.9 Å². The smallest absolute Gasteiger partial charge is 0.131 e. The highest BCUT2D eigenvalue weighted by Crippen LogP contribution is 2.19. The van der Waals surface area contributed by atoms with Gasteiger partial charge in [-0.1, -0.05) is 13.0 Å². The first-order valence-corrected chi connectivity index (χ1v) is 7.02. The summed E-state index contributed by atoms with van der Waals surface area (Å²) in [5.74, 6) is 1.09. The van der Waals surface area contributed by atoms with E-state index in [1.54, 1.807) is 12.1 Å². The molecule has 0 aliphatic carbocycles. The lowest BCUT2D eigenvalue weighted by Crippen LogP contribution is -2.02. The summed E-state index contributed by atoms with van der Waals surface area (Å²) >= 11 is 0. The van der Waals surface area contributed by atoms with Crippen molar-refractivity contribution in [2.45, 2.75) is 19.9 Å². The van der Waals surface area contributed by atoms with Crippen molar-refractivity contribution in [1.82, 2.24) is 0 Å². The van der Waals surface area contributed by atoms with Gasteiger partial charge in [0.2, 0.25) is 0 Å². The van der Waals surface area contributed by atoms with Crippen molar-refractivity contribution in [1.29, 1.82) is 0 Å². The van der Waals surface area contributed by atoms with Crippen LogP contribution in [0.4, 0.5) is 10.1 Å². The Morgan fingerprint density at radius 3 is 2.38 bits per heavy atom. The Balaban J connectivity index is 1.93. The van der Waals surface area contributed by atoms with Crippen LogP contribution < -0.4 is 14.8 Å². The molecular weight excluding hydrogens is 269 g/mol. The molecule has 0 saturated carbocycles. The topological polar surface area (TPSA) is 30.5 Å². The summed E-state index contributed by atoms with van der Waals surface area (Å²) in [5.41, 5.74) is 1.52. The second-order valence-corrected chi connectivity index (χ2v) is 4.68. The quantitative estimate of drug-likeness (QED) is 0.827. The minimum atomic E-state index is -0.273. The van der Waals surface area contributed by atoms with Gasteiger partial charge >= 0.3 is 0 Å². The standard InChI is InChI=1S/C17H20FNO2/c1-3-10-21-15-8-5-14(6-9-15)19-12-13-4-7-16(20-2)11-17(13)18/h4-9,11,19H,3,10,12H2,1-2H3. The normalized spacial score (nSPS) is 10.2. The highest BCUT2D eigenvalue weighted by molar-refractivity contribution is 5.47.